The van der Waals surface area contributed by atoms with Crippen LogP contribution in [0.4, 0.5) is 4.39 Å². The third-order valence-corrected chi connectivity index (χ3v) is 5.32. The monoisotopic (exact) mass is 300 g/mol. The lowest BCUT2D eigenvalue weighted by Gasteiger charge is -2.03. The minimum Gasteiger partial charge on any atom is -0.477 e. The van der Waals surface area contributed by atoms with Crippen LogP contribution < -0.4 is 0 Å². The molecule has 0 saturated heterocycles. The lowest BCUT2D eigenvalue weighted by Crippen LogP contribution is -2.06. The molecule has 0 aliphatic rings. The van der Waals surface area contributed by atoms with Gasteiger partial charge in [0.05, 0.1) is 5.75 Å². The zero-order chi connectivity index (χ0) is 14.0. The highest BCUT2D eigenvalue weighted by atomic mass is 32.2. The van der Waals surface area contributed by atoms with E-state index in [-0.39, 0.29) is 9.77 Å². The summed E-state index contributed by atoms with van der Waals surface area (Å²) in [5.41, 5.74) is 0. The molecular formula is C12H9FO4S2. The van der Waals surface area contributed by atoms with Gasteiger partial charge in [0, 0.05) is 4.88 Å². The molecule has 0 fully saturated rings. The van der Waals surface area contributed by atoms with Crippen molar-refractivity contribution in [3.05, 3.63) is 52.0 Å². The third kappa shape index (κ3) is 2.99. The molecule has 0 amide bonds. The molecule has 0 radical (unpaired) electrons. The Hall–Kier alpha value is -1.73. The fourth-order valence-corrected chi connectivity index (χ4v) is 4.15. The predicted molar refractivity (Wildman–Crippen MR) is 68.6 cm³/mol. The summed E-state index contributed by atoms with van der Waals surface area (Å²) in [6.45, 7) is 0. The first-order chi connectivity index (χ1) is 8.90. The van der Waals surface area contributed by atoms with Crippen molar-refractivity contribution in [3.8, 4) is 0 Å². The summed E-state index contributed by atoms with van der Waals surface area (Å²) in [7, 11) is -3.81. The maximum absolute atomic E-state index is 13.5. The largest absolute Gasteiger partial charge is 0.477 e. The van der Waals surface area contributed by atoms with Crippen molar-refractivity contribution < 1.29 is 22.7 Å². The zero-order valence-corrected chi connectivity index (χ0v) is 11.2. The van der Waals surface area contributed by atoms with Crippen LogP contribution in [0, 0.1) is 5.82 Å². The van der Waals surface area contributed by atoms with Crippen LogP contribution in [0.15, 0.2) is 41.3 Å². The minimum absolute atomic E-state index is 0.0544. The lowest BCUT2D eigenvalue weighted by molar-refractivity contribution is 0.0702. The van der Waals surface area contributed by atoms with Crippen molar-refractivity contribution in [1.82, 2.24) is 0 Å². The molecule has 2 rings (SSSR count). The standard InChI is InChI=1S/C12H9FO4S2/c13-9-3-1-2-4-11(9)19(16,17)7-8-5-6-10(18-8)12(14)15/h1-6H,7H2,(H,14,15). The topological polar surface area (TPSA) is 71.4 Å². The predicted octanol–water partition coefficient (Wildman–Crippen LogP) is 2.56. The number of carbonyl (C=O) groups is 1. The Balaban J connectivity index is 2.31. The van der Waals surface area contributed by atoms with Crippen molar-refractivity contribution in [2.45, 2.75) is 10.6 Å². The molecule has 100 valence electrons. The van der Waals surface area contributed by atoms with Crippen LogP contribution in [0.1, 0.15) is 14.5 Å². The van der Waals surface area contributed by atoms with E-state index in [2.05, 4.69) is 0 Å². The first kappa shape index (κ1) is 13.7. The van der Waals surface area contributed by atoms with E-state index >= 15 is 0 Å². The zero-order valence-electron chi connectivity index (χ0n) is 9.54. The number of carboxylic acid groups (broad SMARTS) is 1. The number of halogens is 1. The van der Waals surface area contributed by atoms with Crippen LogP contribution in [0.5, 0.6) is 0 Å². The second kappa shape index (κ2) is 5.10. The second-order valence-corrected chi connectivity index (χ2v) is 6.89. The molecule has 1 heterocycles. The highest BCUT2D eigenvalue weighted by Crippen LogP contribution is 2.24. The number of hydrogen-bond donors (Lipinski definition) is 1. The van der Waals surface area contributed by atoms with Gasteiger partial charge < -0.3 is 5.11 Å². The smallest absolute Gasteiger partial charge is 0.345 e. The average molecular weight is 300 g/mol. The van der Waals surface area contributed by atoms with Crippen molar-refractivity contribution >= 4 is 27.1 Å². The average Bonchev–Trinajstić information content (AvgIpc) is 2.77. The normalized spacial score (nSPS) is 11.4. The molecule has 1 aromatic heterocycles. The molecule has 1 aromatic carbocycles. The van der Waals surface area contributed by atoms with Gasteiger partial charge in [0.2, 0.25) is 0 Å². The molecule has 0 spiro atoms. The van der Waals surface area contributed by atoms with Gasteiger partial charge in [-0.15, -0.1) is 11.3 Å². The summed E-state index contributed by atoms with van der Waals surface area (Å²) < 4.78 is 37.5. The summed E-state index contributed by atoms with van der Waals surface area (Å²) >= 11 is 0.867. The molecule has 0 saturated carbocycles. The molecule has 2 aromatic rings. The van der Waals surface area contributed by atoms with E-state index in [4.69, 9.17) is 5.11 Å². The van der Waals surface area contributed by atoms with E-state index < -0.39 is 27.4 Å². The maximum atomic E-state index is 13.5. The SMILES string of the molecule is O=C(O)c1ccc(CS(=O)(=O)c2ccccc2F)s1. The third-order valence-electron chi connectivity index (χ3n) is 2.38. The van der Waals surface area contributed by atoms with Gasteiger partial charge in [0.25, 0.3) is 0 Å². The van der Waals surface area contributed by atoms with Gasteiger partial charge in [-0.1, -0.05) is 12.1 Å². The molecular weight excluding hydrogens is 291 g/mol. The van der Waals surface area contributed by atoms with Crippen LogP contribution in [0.25, 0.3) is 0 Å². The summed E-state index contributed by atoms with van der Waals surface area (Å²) in [6.07, 6.45) is 0. The van der Waals surface area contributed by atoms with Gasteiger partial charge in [-0.25, -0.2) is 17.6 Å². The number of sulfone groups is 1. The van der Waals surface area contributed by atoms with E-state index in [1.54, 1.807) is 0 Å². The van der Waals surface area contributed by atoms with Gasteiger partial charge in [-0.3, -0.25) is 0 Å². The Bertz CT molecular complexity index is 719. The van der Waals surface area contributed by atoms with Gasteiger partial charge in [0.15, 0.2) is 9.84 Å². The Morgan fingerprint density at radius 3 is 2.47 bits per heavy atom. The van der Waals surface area contributed by atoms with Gasteiger partial charge in [-0.2, -0.15) is 0 Å². The Morgan fingerprint density at radius 2 is 1.89 bits per heavy atom. The summed E-state index contributed by atoms with van der Waals surface area (Å²) in [4.78, 5) is 10.7. The highest BCUT2D eigenvalue weighted by Gasteiger charge is 2.20. The van der Waals surface area contributed by atoms with Crippen LogP contribution in [0.3, 0.4) is 0 Å². The first-order valence-corrected chi connectivity index (χ1v) is 7.66. The lowest BCUT2D eigenvalue weighted by atomic mass is 10.3. The molecule has 7 heteroatoms. The molecule has 0 bridgehead atoms. The van der Waals surface area contributed by atoms with E-state index in [1.807, 2.05) is 0 Å². The van der Waals surface area contributed by atoms with Crippen molar-refractivity contribution in [2.24, 2.45) is 0 Å². The quantitative estimate of drug-likeness (QED) is 0.942. The van der Waals surface area contributed by atoms with Gasteiger partial charge in [-0.05, 0) is 24.3 Å². The number of rotatable bonds is 4. The van der Waals surface area contributed by atoms with E-state index in [0.717, 1.165) is 17.4 Å². The van der Waals surface area contributed by atoms with Crippen LogP contribution in [-0.2, 0) is 15.6 Å². The fraction of sp³-hybridized carbons (Fsp3) is 0.0833. The molecule has 0 aliphatic heterocycles. The fourth-order valence-electron chi connectivity index (χ4n) is 1.53. The van der Waals surface area contributed by atoms with Crippen LogP contribution >= 0.6 is 11.3 Å². The molecule has 4 nitrogen and oxygen atoms in total. The second-order valence-electron chi connectivity index (χ2n) is 3.76. The molecule has 0 unspecified atom stereocenters. The molecule has 0 aliphatic carbocycles. The maximum Gasteiger partial charge on any atom is 0.345 e. The van der Waals surface area contributed by atoms with Gasteiger partial charge >= 0.3 is 5.97 Å². The van der Waals surface area contributed by atoms with Crippen molar-refractivity contribution in [1.29, 1.82) is 0 Å². The first-order valence-electron chi connectivity index (χ1n) is 5.19. The van der Waals surface area contributed by atoms with Crippen molar-refractivity contribution in [2.75, 3.05) is 0 Å². The van der Waals surface area contributed by atoms with Crippen molar-refractivity contribution in [3.63, 3.8) is 0 Å². The molecule has 1 N–H and O–H groups in total. The van der Waals surface area contributed by atoms with Crippen LogP contribution in [-0.4, -0.2) is 19.5 Å². The number of benzene rings is 1. The Morgan fingerprint density at radius 1 is 1.21 bits per heavy atom. The van der Waals surface area contributed by atoms with E-state index in [0.29, 0.717) is 4.88 Å². The summed E-state index contributed by atoms with van der Waals surface area (Å²) in [6, 6.07) is 7.86. The Labute approximate surface area is 113 Å². The summed E-state index contributed by atoms with van der Waals surface area (Å²) in [5, 5.41) is 8.76. The number of hydrogen-bond acceptors (Lipinski definition) is 4. The van der Waals surface area contributed by atoms with Crippen LogP contribution in [0.2, 0.25) is 0 Å². The van der Waals surface area contributed by atoms with E-state index in [9.17, 15) is 17.6 Å². The molecule has 19 heavy (non-hydrogen) atoms. The highest BCUT2D eigenvalue weighted by molar-refractivity contribution is 7.90. The minimum atomic E-state index is -3.81. The Kier molecular flexibility index (Phi) is 3.68. The molecule has 0 atom stereocenters. The summed E-state index contributed by atoms with van der Waals surface area (Å²) in [5.74, 6) is -2.33. The van der Waals surface area contributed by atoms with Gasteiger partial charge in [0.1, 0.15) is 15.6 Å². The number of aromatic carboxylic acids is 1. The van der Waals surface area contributed by atoms with E-state index in [1.165, 1.54) is 30.3 Å². The number of thiophene rings is 1. The number of carboxylic acids is 1.